The quantitative estimate of drug-likeness (QED) is 0.282. The van der Waals surface area contributed by atoms with E-state index in [9.17, 15) is 0 Å². The van der Waals surface area contributed by atoms with Crippen molar-refractivity contribution in [3.05, 3.63) is 68.4 Å². The number of hydrogen-bond donors (Lipinski definition) is 0. The van der Waals surface area contributed by atoms with Gasteiger partial charge >= 0.3 is 0 Å². The second-order valence-corrected chi connectivity index (χ2v) is 9.33. The Morgan fingerprint density at radius 1 is 0.935 bits per heavy atom. The van der Waals surface area contributed by atoms with Gasteiger partial charge in [-0.1, -0.05) is 79.3 Å². The van der Waals surface area contributed by atoms with Gasteiger partial charge in [-0.05, 0) is 36.8 Å². The molecule has 0 fully saturated rings. The minimum absolute atomic E-state index is 0.237. The summed E-state index contributed by atoms with van der Waals surface area (Å²) in [5.41, 5.74) is 2.12. The first kappa shape index (κ1) is 22.2. The van der Waals surface area contributed by atoms with Gasteiger partial charge in [-0.3, -0.25) is 0 Å². The van der Waals surface area contributed by atoms with E-state index < -0.39 is 0 Å². The zero-order valence-corrected chi connectivity index (χ0v) is 20.0. The smallest absolute Gasteiger partial charge is 0.269 e. The van der Waals surface area contributed by atoms with Gasteiger partial charge in [0, 0.05) is 21.0 Å². The molecular weight excluding hydrogens is 478 g/mol. The lowest BCUT2D eigenvalue weighted by molar-refractivity contribution is 0.364. The predicted octanol–water partition coefficient (Wildman–Crippen LogP) is 7.89. The summed E-state index contributed by atoms with van der Waals surface area (Å²) in [7, 11) is 0. The fourth-order valence-corrected chi connectivity index (χ4v) is 3.89. The Labute approximate surface area is 199 Å². The van der Waals surface area contributed by atoms with Crippen molar-refractivity contribution in [3.8, 4) is 28.5 Å². The first-order valence-corrected chi connectivity index (χ1v) is 11.1. The van der Waals surface area contributed by atoms with Crippen LogP contribution in [0.4, 0.5) is 0 Å². The van der Waals surface area contributed by atoms with E-state index in [-0.39, 0.29) is 11.3 Å². The molecular formula is C22H18Cl4N4O. The van der Waals surface area contributed by atoms with Crippen LogP contribution in [0.3, 0.4) is 0 Å². The van der Waals surface area contributed by atoms with Gasteiger partial charge in [0.15, 0.2) is 5.69 Å². The average Bonchev–Trinajstić information content (AvgIpc) is 3.34. The van der Waals surface area contributed by atoms with Crippen LogP contribution in [-0.4, -0.2) is 20.0 Å². The molecule has 5 nitrogen and oxygen atoms in total. The van der Waals surface area contributed by atoms with E-state index in [1.807, 2.05) is 26.0 Å². The van der Waals surface area contributed by atoms with Gasteiger partial charge in [-0.25, -0.2) is 4.68 Å². The molecule has 2 heterocycles. The first-order valence-electron chi connectivity index (χ1n) is 9.55. The van der Waals surface area contributed by atoms with Crippen molar-refractivity contribution in [1.82, 2.24) is 20.0 Å². The summed E-state index contributed by atoms with van der Waals surface area (Å²) in [6.07, 6.45) is 0.840. The topological polar surface area (TPSA) is 56.7 Å². The highest BCUT2D eigenvalue weighted by Gasteiger charge is 2.29. The Balaban J connectivity index is 1.94. The molecule has 0 aliphatic rings. The molecule has 0 bridgehead atoms. The summed E-state index contributed by atoms with van der Waals surface area (Å²) in [4.78, 5) is 0. The minimum Gasteiger partial charge on any atom is -0.419 e. The number of nitrogens with zero attached hydrogens (tertiary/aromatic N) is 4. The molecule has 160 valence electrons. The Morgan fingerprint density at radius 2 is 1.61 bits per heavy atom. The van der Waals surface area contributed by atoms with Gasteiger partial charge in [0.1, 0.15) is 5.02 Å². The van der Waals surface area contributed by atoms with Crippen molar-refractivity contribution in [2.24, 2.45) is 0 Å². The third kappa shape index (κ3) is 4.20. The van der Waals surface area contributed by atoms with E-state index in [1.165, 1.54) is 0 Å². The first-order chi connectivity index (χ1) is 14.7. The van der Waals surface area contributed by atoms with Crippen LogP contribution in [0.1, 0.15) is 33.1 Å². The molecule has 4 rings (SSSR count). The van der Waals surface area contributed by atoms with E-state index in [0.29, 0.717) is 43.1 Å². The second-order valence-electron chi connectivity index (χ2n) is 7.68. The summed E-state index contributed by atoms with van der Waals surface area (Å²) in [5, 5.41) is 15.0. The second kappa shape index (κ2) is 8.47. The van der Waals surface area contributed by atoms with Gasteiger partial charge in [0.2, 0.25) is 5.89 Å². The van der Waals surface area contributed by atoms with E-state index in [2.05, 4.69) is 22.2 Å². The van der Waals surface area contributed by atoms with Crippen molar-refractivity contribution in [2.45, 2.75) is 32.6 Å². The molecule has 0 spiro atoms. The molecule has 0 amide bonds. The molecule has 2 aromatic carbocycles. The highest BCUT2D eigenvalue weighted by atomic mass is 35.5. The van der Waals surface area contributed by atoms with Crippen LogP contribution in [-0.2, 0) is 5.41 Å². The molecule has 0 radical (unpaired) electrons. The van der Waals surface area contributed by atoms with E-state index in [0.717, 1.165) is 12.0 Å². The predicted molar refractivity (Wildman–Crippen MR) is 126 cm³/mol. The summed E-state index contributed by atoms with van der Waals surface area (Å²) >= 11 is 25.5. The average molecular weight is 496 g/mol. The third-order valence-electron chi connectivity index (χ3n) is 5.17. The number of rotatable bonds is 5. The number of halogens is 4. The summed E-state index contributed by atoms with van der Waals surface area (Å²) in [6, 6.07) is 12.4. The monoisotopic (exact) mass is 494 g/mol. The normalized spacial score (nSPS) is 11.8. The standard InChI is InChI=1S/C22H18Cl4N4O/c1-4-22(2,3)21-28-27-20(31-21)18-17(26)19(12-5-7-13(23)8-6-12)30(29-18)16-10-9-14(24)11-15(16)25/h5-11H,4H2,1-3H3. The van der Waals surface area contributed by atoms with Crippen LogP contribution < -0.4 is 0 Å². The Hall–Kier alpha value is -2.05. The van der Waals surface area contributed by atoms with Crippen LogP contribution in [0.25, 0.3) is 28.5 Å². The van der Waals surface area contributed by atoms with Crippen LogP contribution >= 0.6 is 46.4 Å². The molecule has 9 heteroatoms. The maximum atomic E-state index is 6.82. The van der Waals surface area contributed by atoms with Crippen LogP contribution in [0, 0.1) is 0 Å². The van der Waals surface area contributed by atoms with Crippen molar-refractivity contribution >= 4 is 46.4 Å². The van der Waals surface area contributed by atoms with Gasteiger partial charge in [0.05, 0.1) is 16.4 Å². The maximum Gasteiger partial charge on any atom is 0.269 e. The van der Waals surface area contributed by atoms with Crippen molar-refractivity contribution in [2.75, 3.05) is 0 Å². The molecule has 0 unspecified atom stereocenters. The zero-order valence-electron chi connectivity index (χ0n) is 17.0. The molecule has 0 saturated carbocycles. The van der Waals surface area contributed by atoms with Gasteiger partial charge < -0.3 is 4.42 Å². The lowest BCUT2D eigenvalue weighted by Crippen LogP contribution is -2.15. The van der Waals surface area contributed by atoms with Crippen LogP contribution in [0.2, 0.25) is 20.1 Å². The molecule has 0 atom stereocenters. The SMILES string of the molecule is CCC(C)(C)c1nnc(-c2nn(-c3ccc(Cl)cc3Cl)c(-c3ccc(Cl)cc3)c2Cl)o1. The van der Waals surface area contributed by atoms with Gasteiger partial charge in [-0.15, -0.1) is 10.2 Å². The van der Waals surface area contributed by atoms with Crippen molar-refractivity contribution in [3.63, 3.8) is 0 Å². The number of hydrogen-bond acceptors (Lipinski definition) is 4. The van der Waals surface area contributed by atoms with Gasteiger partial charge in [0.25, 0.3) is 5.89 Å². The van der Waals surface area contributed by atoms with Crippen LogP contribution in [0.15, 0.2) is 46.9 Å². The Morgan fingerprint density at radius 3 is 2.26 bits per heavy atom. The minimum atomic E-state index is -0.265. The summed E-state index contributed by atoms with van der Waals surface area (Å²) in [6.45, 7) is 6.14. The van der Waals surface area contributed by atoms with E-state index in [4.69, 9.17) is 50.8 Å². The van der Waals surface area contributed by atoms with Gasteiger partial charge in [-0.2, -0.15) is 5.10 Å². The zero-order chi connectivity index (χ0) is 22.3. The fraction of sp³-hybridized carbons (Fsp3) is 0.227. The fourth-order valence-electron chi connectivity index (χ4n) is 2.96. The largest absolute Gasteiger partial charge is 0.419 e. The number of aromatic nitrogens is 4. The summed E-state index contributed by atoms with van der Waals surface area (Å²) in [5.74, 6) is 0.758. The number of benzene rings is 2. The van der Waals surface area contributed by atoms with Crippen molar-refractivity contribution < 1.29 is 4.42 Å². The van der Waals surface area contributed by atoms with Crippen molar-refractivity contribution in [1.29, 1.82) is 0 Å². The Bertz CT molecular complexity index is 1250. The lowest BCUT2D eigenvalue weighted by atomic mass is 9.90. The lowest BCUT2D eigenvalue weighted by Gasteiger charge is -2.16. The van der Waals surface area contributed by atoms with E-state index in [1.54, 1.807) is 35.0 Å². The Kier molecular flexibility index (Phi) is 6.05. The van der Waals surface area contributed by atoms with E-state index >= 15 is 0 Å². The third-order valence-corrected chi connectivity index (χ3v) is 6.32. The van der Waals surface area contributed by atoms with Crippen LogP contribution in [0.5, 0.6) is 0 Å². The molecule has 0 aliphatic heterocycles. The highest BCUT2D eigenvalue weighted by Crippen LogP contribution is 2.40. The molecule has 4 aromatic rings. The molecule has 2 aromatic heterocycles. The molecule has 0 N–H and O–H groups in total. The summed E-state index contributed by atoms with van der Waals surface area (Å²) < 4.78 is 7.60. The molecule has 0 saturated heterocycles. The molecule has 31 heavy (non-hydrogen) atoms. The highest BCUT2D eigenvalue weighted by molar-refractivity contribution is 6.37. The maximum absolute atomic E-state index is 6.82. The molecule has 0 aliphatic carbocycles.